The Labute approximate surface area is 182 Å². The summed E-state index contributed by atoms with van der Waals surface area (Å²) in [6, 6.07) is 19.4. The summed E-state index contributed by atoms with van der Waals surface area (Å²) in [4.78, 5) is 8.75. The molecule has 3 aromatic rings. The first kappa shape index (κ1) is 19.5. The van der Waals surface area contributed by atoms with Crippen LogP contribution in [0.1, 0.15) is 24.0 Å². The second kappa shape index (κ2) is 8.70. The molecule has 0 spiro atoms. The molecule has 5 heteroatoms. The van der Waals surface area contributed by atoms with Crippen LogP contribution in [-0.4, -0.2) is 36.6 Å². The van der Waals surface area contributed by atoms with Gasteiger partial charge in [0.1, 0.15) is 18.2 Å². The summed E-state index contributed by atoms with van der Waals surface area (Å²) in [5.41, 5.74) is 3.58. The Morgan fingerprint density at radius 3 is 2.90 bits per heavy atom. The summed E-state index contributed by atoms with van der Waals surface area (Å²) < 4.78 is 6.18. The first-order valence-electron chi connectivity index (χ1n) is 10.7. The highest BCUT2D eigenvalue weighted by atomic mass is 32.2. The van der Waals surface area contributed by atoms with Crippen molar-refractivity contribution in [3.8, 4) is 5.75 Å². The van der Waals surface area contributed by atoms with Gasteiger partial charge in [-0.25, -0.2) is 4.98 Å². The van der Waals surface area contributed by atoms with E-state index in [1.807, 2.05) is 11.8 Å². The number of rotatable bonds is 5. The van der Waals surface area contributed by atoms with Gasteiger partial charge in [-0.1, -0.05) is 30.3 Å². The number of para-hydroxylation sites is 1. The number of ether oxygens (including phenoxy) is 1. The standard InChI is InChI=1S/C25H27N3OS/c1-18-13-25(27-24-7-3-2-6-23(18)24)28-12-4-5-20(28)16-29-21-10-8-19(9-11-21)14-22-15-26-17-30-22/h2-3,6-11,13-14,20,26H,4-5,12,15-17H2,1H3/t20-/m1/s1. The van der Waals surface area contributed by atoms with Crippen molar-refractivity contribution in [2.24, 2.45) is 0 Å². The molecule has 5 rings (SSSR count). The number of hydrogen-bond acceptors (Lipinski definition) is 5. The smallest absolute Gasteiger partial charge is 0.129 e. The fraction of sp³-hybridized carbons (Fsp3) is 0.320. The molecule has 0 aliphatic carbocycles. The highest BCUT2D eigenvalue weighted by Gasteiger charge is 2.26. The average molecular weight is 418 g/mol. The van der Waals surface area contributed by atoms with Crippen LogP contribution >= 0.6 is 11.8 Å². The van der Waals surface area contributed by atoms with Gasteiger partial charge in [-0.15, -0.1) is 11.8 Å². The number of pyridine rings is 1. The minimum absolute atomic E-state index is 0.362. The summed E-state index contributed by atoms with van der Waals surface area (Å²) in [7, 11) is 0. The Morgan fingerprint density at radius 1 is 1.20 bits per heavy atom. The highest BCUT2D eigenvalue weighted by molar-refractivity contribution is 8.03. The SMILES string of the molecule is Cc1cc(N2CCC[C@@H]2COc2ccc(C=C3CNCS3)cc2)nc2ccccc12. The Balaban J connectivity index is 1.26. The van der Waals surface area contributed by atoms with Crippen LogP contribution in [0.15, 0.2) is 59.5 Å². The molecule has 1 aromatic heterocycles. The fourth-order valence-corrected chi connectivity index (χ4v) is 5.10. The second-order valence-electron chi connectivity index (χ2n) is 8.01. The van der Waals surface area contributed by atoms with Gasteiger partial charge in [-0.05, 0) is 61.2 Å². The molecule has 0 radical (unpaired) electrons. The maximum atomic E-state index is 6.18. The molecule has 2 aliphatic rings. The van der Waals surface area contributed by atoms with Gasteiger partial charge in [0.2, 0.25) is 0 Å². The zero-order valence-electron chi connectivity index (χ0n) is 17.3. The number of thioether (sulfide) groups is 1. The number of nitrogens with one attached hydrogen (secondary N) is 1. The topological polar surface area (TPSA) is 37.4 Å². The van der Waals surface area contributed by atoms with Crippen molar-refractivity contribution in [2.75, 3.05) is 30.5 Å². The van der Waals surface area contributed by atoms with Gasteiger partial charge in [-0.2, -0.15) is 0 Å². The Kier molecular flexibility index (Phi) is 5.65. The summed E-state index contributed by atoms with van der Waals surface area (Å²) in [6.45, 7) is 4.87. The lowest BCUT2D eigenvalue weighted by atomic mass is 10.1. The van der Waals surface area contributed by atoms with Crippen LogP contribution in [0.5, 0.6) is 5.75 Å². The number of anilines is 1. The van der Waals surface area contributed by atoms with Gasteiger partial charge in [0.05, 0.1) is 11.6 Å². The maximum absolute atomic E-state index is 6.18. The molecular weight excluding hydrogens is 390 g/mol. The minimum atomic E-state index is 0.362. The lowest BCUT2D eigenvalue weighted by Gasteiger charge is -2.26. The normalized spacial score (nSPS) is 20.4. The number of nitrogens with zero attached hydrogens (tertiary/aromatic N) is 2. The quantitative estimate of drug-likeness (QED) is 0.616. The zero-order valence-corrected chi connectivity index (χ0v) is 18.1. The Hall–Kier alpha value is -2.50. The molecule has 2 aromatic carbocycles. The molecule has 2 saturated heterocycles. The van der Waals surface area contributed by atoms with Gasteiger partial charge < -0.3 is 15.0 Å². The largest absolute Gasteiger partial charge is 0.491 e. The number of fused-ring (bicyclic) bond motifs is 1. The van der Waals surface area contributed by atoms with Gasteiger partial charge in [0.25, 0.3) is 0 Å². The predicted molar refractivity (Wildman–Crippen MR) is 127 cm³/mol. The van der Waals surface area contributed by atoms with Crippen LogP contribution in [0.25, 0.3) is 17.0 Å². The second-order valence-corrected chi connectivity index (χ2v) is 9.11. The number of benzene rings is 2. The summed E-state index contributed by atoms with van der Waals surface area (Å²) >= 11 is 1.88. The van der Waals surface area contributed by atoms with Crippen molar-refractivity contribution >= 4 is 34.6 Å². The lowest BCUT2D eigenvalue weighted by Crippen LogP contribution is -2.34. The van der Waals surface area contributed by atoms with Crippen molar-refractivity contribution < 1.29 is 4.74 Å². The number of hydrogen-bond donors (Lipinski definition) is 1. The highest BCUT2D eigenvalue weighted by Crippen LogP contribution is 2.29. The monoisotopic (exact) mass is 417 g/mol. The van der Waals surface area contributed by atoms with Crippen LogP contribution < -0.4 is 15.0 Å². The van der Waals surface area contributed by atoms with E-state index < -0.39 is 0 Å². The molecule has 4 nitrogen and oxygen atoms in total. The van der Waals surface area contributed by atoms with Crippen molar-refractivity contribution in [3.05, 3.63) is 70.6 Å². The molecule has 2 fully saturated rings. The molecule has 0 saturated carbocycles. The third-order valence-corrected chi connectivity index (χ3v) is 6.87. The molecular formula is C25H27N3OS. The van der Waals surface area contributed by atoms with Crippen LogP contribution in [0.2, 0.25) is 0 Å². The third-order valence-electron chi connectivity index (χ3n) is 5.89. The van der Waals surface area contributed by atoms with E-state index in [0.29, 0.717) is 12.6 Å². The van der Waals surface area contributed by atoms with E-state index in [2.05, 4.69) is 77.8 Å². The summed E-state index contributed by atoms with van der Waals surface area (Å²) in [6.07, 6.45) is 4.57. The third kappa shape index (κ3) is 4.18. The van der Waals surface area contributed by atoms with Crippen molar-refractivity contribution in [1.82, 2.24) is 10.3 Å². The Bertz CT molecular complexity index is 1060. The van der Waals surface area contributed by atoms with Crippen LogP contribution in [0.3, 0.4) is 0 Å². The minimum Gasteiger partial charge on any atom is -0.491 e. The Morgan fingerprint density at radius 2 is 2.07 bits per heavy atom. The van der Waals surface area contributed by atoms with Crippen LogP contribution in [-0.2, 0) is 0 Å². The van der Waals surface area contributed by atoms with E-state index >= 15 is 0 Å². The zero-order chi connectivity index (χ0) is 20.3. The predicted octanol–water partition coefficient (Wildman–Crippen LogP) is 5.23. The molecule has 1 atom stereocenters. The molecule has 0 unspecified atom stereocenters. The van der Waals surface area contributed by atoms with E-state index in [9.17, 15) is 0 Å². The number of aromatic nitrogens is 1. The fourth-order valence-electron chi connectivity index (χ4n) is 4.29. The first-order valence-corrected chi connectivity index (χ1v) is 11.6. The number of aryl methyl sites for hydroxylation is 1. The van der Waals surface area contributed by atoms with Gasteiger partial charge >= 0.3 is 0 Å². The maximum Gasteiger partial charge on any atom is 0.129 e. The van der Waals surface area contributed by atoms with Crippen molar-refractivity contribution in [2.45, 2.75) is 25.8 Å². The van der Waals surface area contributed by atoms with Gasteiger partial charge in [0, 0.05) is 29.3 Å². The van der Waals surface area contributed by atoms with Gasteiger partial charge in [-0.3, -0.25) is 0 Å². The van der Waals surface area contributed by atoms with E-state index in [-0.39, 0.29) is 0 Å². The first-order chi connectivity index (χ1) is 14.8. The van der Waals surface area contributed by atoms with Crippen LogP contribution in [0, 0.1) is 6.92 Å². The van der Waals surface area contributed by atoms with E-state index in [1.54, 1.807) is 0 Å². The van der Waals surface area contributed by atoms with E-state index in [0.717, 1.165) is 42.5 Å². The van der Waals surface area contributed by atoms with Gasteiger partial charge in [0.15, 0.2) is 0 Å². The lowest BCUT2D eigenvalue weighted by molar-refractivity contribution is 0.288. The molecule has 0 bridgehead atoms. The average Bonchev–Trinajstić information content (AvgIpc) is 3.45. The molecule has 3 heterocycles. The van der Waals surface area contributed by atoms with Crippen molar-refractivity contribution in [3.63, 3.8) is 0 Å². The molecule has 2 aliphatic heterocycles. The van der Waals surface area contributed by atoms with E-state index in [1.165, 1.54) is 27.8 Å². The molecule has 154 valence electrons. The van der Waals surface area contributed by atoms with Crippen molar-refractivity contribution in [1.29, 1.82) is 0 Å². The molecule has 1 N–H and O–H groups in total. The summed E-state index contributed by atoms with van der Waals surface area (Å²) in [5.74, 6) is 3.02. The molecule has 30 heavy (non-hydrogen) atoms. The summed E-state index contributed by atoms with van der Waals surface area (Å²) in [5, 5.41) is 4.58. The van der Waals surface area contributed by atoms with Crippen LogP contribution in [0.4, 0.5) is 5.82 Å². The van der Waals surface area contributed by atoms with E-state index in [4.69, 9.17) is 9.72 Å². The molecule has 0 amide bonds.